The minimum Gasteiger partial charge on any atom is -1.00 e. The standard InChI is InChI=1S/C37H37N2O.ClH/c1-3-21-40-37(33-17-19-38-35-16-10-9-15-32(33)35)36-23-27-18-20-39(36,24-26(27)4-2)25-34-30-13-7-5-11-28(30)22-29-12-6-8-14-31(29)34;/h3-17,19,22,26-27,36-37H,1-2,18,20-21,23-25H2;1H/q+1;/p-1/t26-,27-,36-,37+,39?;/m0./s1. The van der Waals surface area contributed by atoms with E-state index in [9.17, 15) is 0 Å². The van der Waals surface area contributed by atoms with Gasteiger partial charge in [-0.2, -0.15) is 0 Å². The number of ether oxygens (including phenoxy) is 1. The molecule has 1 aromatic heterocycles. The third kappa shape index (κ3) is 4.76. The predicted molar refractivity (Wildman–Crippen MR) is 166 cm³/mol. The van der Waals surface area contributed by atoms with Crippen LogP contribution in [0, 0.1) is 11.8 Å². The van der Waals surface area contributed by atoms with Gasteiger partial charge in [0.05, 0.1) is 25.2 Å². The molecule has 208 valence electrons. The van der Waals surface area contributed by atoms with Crippen LogP contribution >= 0.6 is 0 Å². The predicted octanol–water partition coefficient (Wildman–Crippen LogP) is 5.40. The van der Waals surface area contributed by atoms with Gasteiger partial charge in [0, 0.05) is 35.9 Å². The summed E-state index contributed by atoms with van der Waals surface area (Å²) in [7, 11) is 0. The molecule has 4 heteroatoms. The zero-order chi connectivity index (χ0) is 27.1. The molecular formula is C37H37ClN2O. The SMILES string of the molecule is C=CCO[C@H](c1ccnc2ccccc12)[C@@H]1C[C@@H]2CC[N+]1(Cc1c3ccccc3cc3ccccc13)C[C@@H]2C=C.[Cl-]. The molecule has 0 amide bonds. The average Bonchev–Trinajstić information content (AvgIpc) is 3.01. The number of aromatic nitrogens is 1. The van der Waals surface area contributed by atoms with Crippen molar-refractivity contribution in [2.45, 2.75) is 31.5 Å². The number of benzene rings is 4. The molecule has 4 heterocycles. The Labute approximate surface area is 249 Å². The fraction of sp³-hybridized carbons (Fsp3) is 0.270. The molecule has 0 saturated carbocycles. The van der Waals surface area contributed by atoms with Crippen molar-refractivity contribution in [1.82, 2.24) is 4.98 Å². The maximum Gasteiger partial charge on any atom is 0.135 e. The van der Waals surface area contributed by atoms with E-state index >= 15 is 0 Å². The summed E-state index contributed by atoms with van der Waals surface area (Å²) in [5.74, 6) is 1.18. The van der Waals surface area contributed by atoms with Gasteiger partial charge in [0.25, 0.3) is 0 Å². The Morgan fingerprint density at radius 3 is 2.29 bits per heavy atom. The molecule has 5 aromatic rings. The van der Waals surface area contributed by atoms with Crippen LogP contribution in [0.5, 0.6) is 0 Å². The topological polar surface area (TPSA) is 22.1 Å². The molecule has 8 rings (SSSR count). The van der Waals surface area contributed by atoms with Gasteiger partial charge in [0.2, 0.25) is 0 Å². The van der Waals surface area contributed by atoms with Crippen LogP contribution in [0.4, 0.5) is 0 Å². The fourth-order valence-corrected chi connectivity index (χ4v) is 7.90. The molecule has 0 spiro atoms. The number of quaternary nitrogens is 1. The smallest absolute Gasteiger partial charge is 0.135 e. The Bertz CT molecular complexity index is 1670. The number of nitrogens with zero attached hydrogens (tertiary/aromatic N) is 2. The van der Waals surface area contributed by atoms with E-state index in [1.807, 2.05) is 12.3 Å². The van der Waals surface area contributed by atoms with Crippen molar-refractivity contribution in [3.05, 3.63) is 128 Å². The number of piperidine rings is 3. The molecule has 5 atom stereocenters. The summed E-state index contributed by atoms with van der Waals surface area (Å²) < 4.78 is 7.81. The first-order valence-electron chi connectivity index (χ1n) is 14.6. The van der Waals surface area contributed by atoms with E-state index < -0.39 is 0 Å². The second-order valence-corrected chi connectivity index (χ2v) is 11.8. The Morgan fingerprint density at radius 1 is 0.902 bits per heavy atom. The van der Waals surface area contributed by atoms with Crippen LogP contribution < -0.4 is 12.4 Å². The van der Waals surface area contributed by atoms with E-state index in [2.05, 4.69) is 109 Å². The quantitative estimate of drug-likeness (QED) is 0.144. The lowest BCUT2D eigenvalue weighted by Crippen LogP contribution is -3.00. The van der Waals surface area contributed by atoms with E-state index in [4.69, 9.17) is 4.74 Å². The van der Waals surface area contributed by atoms with Gasteiger partial charge < -0.3 is 21.6 Å². The largest absolute Gasteiger partial charge is 1.00 e. The van der Waals surface area contributed by atoms with Gasteiger partial charge >= 0.3 is 0 Å². The van der Waals surface area contributed by atoms with Gasteiger partial charge in [0.15, 0.2) is 0 Å². The second kappa shape index (κ2) is 11.4. The van der Waals surface area contributed by atoms with Crippen LogP contribution in [0.2, 0.25) is 0 Å². The highest BCUT2D eigenvalue weighted by Gasteiger charge is 2.54. The van der Waals surface area contributed by atoms with Crippen molar-refractivity contribution in [1.29, 1.82) is 0 Å². The highest BCUT2D eigenvalue weighted by molar-refractivity contribution is 6.02. The van der Waals surface area contributed by atoms with Gasteiger partial charge in [-0.05, 0) is 51.2 Å². The number of hydrogen-bond donors (Lipinski definition) is 0. The van der Waals surface area contributed by atoms with Crippen LogP contribution in [0.25, 0.3) is 32.4 Å². The van der Waals surface area contributed by atoms with E-state index in [-0.39, 0.29) is 18.5 Å². The lowest BCUT2D eigenvalue weighted by Gasteiger charge is -2.58. The van der Waals surface area contributed by atoms with Gasteiger partial charge in [-0.25, -0.2) is 0 Å². The lowest BCUT2D eigenvalue weighted by molar-refractivity contribution is -0.984. The first kappa shape index (κ1) is 27.7. The minimum absolute atomic E-state index is 0. The van der Waals surface area contributed by atoms with Gasteiger partial charge in [0.1, 0.15) is 18.7 Å². The number of para-hydroxylation sites is 1. The highest BCUT2D eigenvalue weighted by atomic mass is 35.5. The molecule has 2 bridgehead atoms. The van der Waals surface area contributed by atoms with Gasteiger partial charge in [-0.15, -0.1) is 13.2 Å². The molecule has 3 aliphatic heterocycles. The molecule has 0 aliphatic carbocycles. The zero-order valence-corrected chi connectivity index (χ0v) is 24.2. The third-order valence-corrected chi connectivity index (χ3v) is 9.76. The number of fused-ring (bicyclic) bond motifs is 6. The summed E-state index contributed by atoms with van der Waals surface area (Å²) in [5.41, 5.74) is 3.74. The van der Waals surface area contributed by atoms with Crippen molar-refractivity contribution in [2.24, 2.45) is 11.8 Å². The van der Waals surface area contributed by atoms with Crippen molar-refractivity contribution in [2.75, 3.05) is 19.7 Å². The Morgan fingerprint density at radius 2 is 1.59 bits per heavy atom. The molecule has 1 unspecified atom stereocenters. The van der Waals surface area contributed by atoms with Crippen LogP contribution in [-0.2, 0) is 11.3 Å². The summed E-state index contributed by atoms with van der Waals surface area (Å²) in [6.07, 6.45) is 8.41. The fourth-order valence-electron chi connectivity index (χ4n) is 7.90. The summed E-state index contributed by atoms with van der Waals surface area (Å²) in [6.45, 7) is 12.1. The van der Waals surface area contributed by atoms with Crippen molar-refractivity contribution >= 4 is 32.4 Å². The first-order chi connectivity index (χ1) is 19.7. The zero-order valence-electron chi connectivity index (χ0n) is 23.5. The van der Waals surface area contributed by atoms with Crippen LogP contribution in [0.15, 0.2) is 116 Å². The Kier molecular flexibility index (Phi) is 7.70. The molecule has 3 aliphatic rings. The summed E-state index contributed by atoms with van der Waals surface area (Å²) >= 11 is 0. The first-order valence-corrected chi connectivity index (χ1v) is 14.6. The molecule has 0 N–H and O–H groups in total. The van der Waals surface area contributed by atoms with Gasteiger partial charge in [-0.3, -0.25) is 4.98 Å². The number of pyridine rings is 1. The lowest BCUT2D eigenvalue weighted by atomic mass is 9.70. The minimum atomic E-state index is -0.0410. The molecule has 3 saturated heterocycles. The molecule has 3 nitrogen and oxygen atoms in total. The Balaban J connectivity index is 0.00000302. The normalized spacial score (nSPS) is 24.2. The van der Waals surface area contributed by atoms with E-state index in [1.54, 1.807) is 0 Å². The number of halogens is 1. The maximum atomic E-state index is 6.80. The van der Waals surface area contributed by atoms with Crippen LogP contribution in [-0.4, -0.2) is 35.2 Å². The molecule has 0 radical (unpaired) electrons. The van der Waals surface area contributed by atoms with Gasteiger partial charge in [-0.1, -0.05) is 78.9 Å². The maximum absolute atomic E-state index is 6.80. The molecular weight excluding hydrogens is 524 g/mol. The summed E-state index contributed by atoms with van der Waals surface area (Å²) in [4.78, 5) is 4.68. The highest BCUT2D eigenvalue weighted by Crippen LogP contribution is 2.50. The monoisotopic (exact) mass is 560 g/mol. The van der Waals surface area contributed by atoms with Crippen LogP contribution in [0.1, 0.15) is 30.1 Å². The summed E-state index contributed by atoms with van der Waals surface area (Å²) in [5, 5.41) is 6.56. The molecule has 41 heavy (non-hydrogen) atoms. The van der Waals surface area contributed by atoms with Crippen LogP contribution in [0.3, 0.4) is 0 Å². The average molecular weight is 561 g/mol. The second-order valence-electron chi connectivity index (χ2n) is 11.8. The third-order valence-electron chi connectivity index (χ3n) is 9.76. The number of hydrogen-bond acceptors (Lipinski definition) is 2. The molecule has 4 aromatic carbocycles. The van der Waals surface area contributed by atoms with Crippen molar-refractivity contribution in [3.8, 4) is 0 Å². The van der Waals surface area contributed by atoms with E-state index in [0.29, 0.717) is 24.5 Å². The van der Waals surface area contributed by atoms with E-state index in [1.165, 1.54) is 44.5 Å². The summed E-state index contributed by atoms with van der Waals surface area (Å²) in [6, 6.07) is 31.2. The molecule has 3 fully saturated rings. The van der Waals surface area contributed by atoms with E-state index in [0.717, 1.165) is 36.1 Å². The number of rotatable bonds is 8. The Hall–Kier alpha value is -3.50. The van der Waals surface area contributed by atoms with Crippen molar-refractivity contribution < 1.29 is 21.6 Å². The van der Waals surface area contributed by atoms with Crippen molar-refractivity contribution in [3.63, 3.8) is 0 Å².